The maximum atomic E-state index is 8.77. The first-order chi connectivity index (χ1) is 10.1. The summed E-state index contributed by atoms with van der Waals surface area (Å²) in [4.78, 5) is 0. The molecular weight excluding hydrogens is 357 g/mol. The van der Waals surface area contributed by atoms with Gasteiger partial charge in [-0.15, -0.1) is 6.58 Å². The van der Waals surface area contributed by atoms with Gasteiger partial charge in [0.15, 0.2) is 34.0 Å². The molecule has 0 unspecified atom stereocenters. The smallest absolute Gasteiger partial charge is 0.175 e. The molecule has 0 rings (SSSR count). The summed E-state index contributed by atoms with van der Waals surface area (Å²) in [6, 6.07) is 0.858. The van der Waals surface area contributed by atoms with Crippen LogP contribution in [-0.4, -0.2) is 57.4 Å². The number of hydrogen-bond donors (Lipinski definition) is 2. The van der Waals surface area contributed by atoms with Crippen molar-refractivity contribution >= 4 is 34.0 Å². The lowest BCUT2D eigenvalue weighted by Gasteiger charge is -2.30. The van der Waals surface area contributed by atoms with Gasteiger partial charge in [0.05, 0.1) is 6.61 Å². The molecule has 0 atom stereocenters. The Morgan fingerprint density at radius 1 is 0.913 bits per heavy atom. The van der Waals surface area contributed by atoms with Crippen LogP contribution in [-0.2, 0) is 8.23 Å². The van der Waals surface area contributed by atoms with E-state index in [2.05, 4.69) is 72.0 Å². The second-order valence-electron chi connectivity index (χ2n) is 8.20. The second kappa shape index (κ2) is 13.7. The van der Waals surface area contributed by atoms with Gasteiger partial charge in [0.1, 0.15) is 0 Å². The van der Waals surface area contributed by atoms with Gasteiger partial charge >= 0.3 is 0 Å². The van der Waals surface area contributed by atoms with Gasteiger partial charge in [-0.2, -0.15) is 0 Å². The molecule has 142 valence electrons. The molecule has 0 saturated heterocycles. The van der Waals surface area contributed by atoms with E-state index in [0.717, 1.165) is 6.04 Å². The summed E-state index contributed by atoms with van der Waals surface area (Å²) in [5, 5.41) is 16.5. The Morgan fingerprint density at radius 2 is 1.30 bits per heavy atom. The van der Waals surface area contributed by atoms with E-state index in [1.165, 1.54) is 6.08 Å². The summed E-state index contributed by atoms with van der Waals surface area (Å²) >= 11 is 0. The molecule has 0 spiro atoms. The lowest BCUT2D eigenvalue weighted by molar-refractivity contribution is 0.311. The van der Waals surface area contributed by atoms with Crippen LogP contribution in [0, 0.1) is 0 Å². The average Bonchev–Trinajstić information content (AvgIpc) is 2.23. The Kier molecular flexibility index (Phi) is 16.8. The highest BCUT2D eigenvalue weighted by molar-refractivity contribution is 6.84. The van der Waals surface area contributed by atoms with Gasteiger partial charge in [-0.3, -0.25) is 0 Å². The largest absolute Gasteiger partial charge is 0.458 e. The maximum absolute atomic E-state index is 8.77. The Bertz CT molecular complexity index is 284. The highest BCUT2D eigenvalue weighted by Gasteiger charge is 2.28. The van der Waals surface area contributed by atoms with Gasteiger partial charge in [-0.25, -0.2) is 0 Å². The summed E-state index contributed by atoms with van der Waals surface area (Å²) in [7, 11) is -4.80. The molecule has 8 heteroatoms. The molecule has 0 heterocycles. The number of aliphatic hydroxyl groups is 2. The molecule has 0 aliphatic carbocycles. The predicted molar refractivity (Wildman–Crippen MR) is 114 cm³/mol. The molecule has 0 radical (unpaired) electrons. The van der Waals surface area contributed by atoms with Crippen LogP contribution in [0.2, 0.25) is 71.5 Å². The molecule has 0 aliphatic heterocycles. The third-order valence-corrected chi connectivity index (χ3v) is 12.8. The normalized spacial score (nSPS) is 12.0. The van der Waals surface area contributed by atoms with E-state index in [4.69, 9.17) is 18.4 Å². The first-order valence-electron chi connectivity index (χ1n) is 8.31. The van der Waals surface area contributed by atoms with Gasteiger partial charge in [0, 0.05) is 6.61 Å². The molecule has 4 nitrogen and oxygen atoms in total. The van der Waals surface area contributed by atoms with Crippen LogP contribution in [0.3, 0.4) is 0 Å². The fourth-order valence-electron chi connectivity index (χ4n) is 1.86. The molecule has 0 saturated carbocycles. The highest BCUT2D eigenvalue weighted by atomic mass is 28.4. The summed E-state index contributed by atoms with van der Waals surface area (Å²) in [6.45, 7) is 25.6. The van der Waals surface area contributed by atoms with E-state index < -0.39 is 34.0 Å². The topological polar surface area (TPSA) is 58.9 Å². The molecule has 0 fully saturated rings. The van der Waals surface area contributed by atoms with Crippen molar-refractivity contribution in [3.05, 3.63) is 12.7 Å². The molecule has 0 aromatic heterocycles. The highest BCUT2D eigenvalue weighted by Crippen LogP contribution is 2.17. The molecule has 0 bridgehead atoms. The maximum Gasteiger partial charge on any atom is 0.175 e. The summed E-state index contributed by atoms with van der Waals surface area (Å²) < 4.78 is 11.7. The average molecular weight is 399 g/mol. The lowest BCUT2D eigenvalue weighted by Crippen LogP contribution is -2.42. The molecule has 2 N–H and O–H groups in total. The van der Waals surface area contributed by atoms with E-state index in [0.29, 0.717) is 0 Å². The van der Waals surface area contributed by atoms with Crippen molar-refractivity contribution in [1.29, 1.82) is 0 Å². The van der Waals surface area contributed by atoms with Crippen LogP contribution >= 0.6 is 0 Å². The van der Waals surface area contributed by atoms with Crippen LogP contribution in [0.5, 0.6) is 0 Å². The fraction of sp³-hybridized carbons (Fsp3) is 0.867. The van der Waals surface area contributed by atoms with Gasteiger partial charge in [0.2, 0.25) is 0 Å². The Morgan fingerprint density at radius 3 is 1.43 bits per heavy atom. The quantitative estimate of drug-likeness (QED) is 0.502. The first-order valence-corrected chi connectivity index (χ1v) is 21.0. The SMILES string of the molecule is C=CCO.C[SiH](C)O[Si](C)(C)C.C[Si](C)(C)O[Si](C)(C)CCO. The van der Waals surface area contributed by atoms with Gasteiger partial charge in [0.25, 0.3) is 0 Å². The zero-order valence-corrected chi connectivity index (χ0v) is 21.3. The van der Waals surface area contributed by atoms with Gasteiger partial charge in [-0.05, 0) is 71.5 Å². The monoisotopic (exact) mass is 398 g/mol. The van der Waals surface area contributed by atoms with Crippen LogP contribution in [0.15, 0.2) is 12.7 Å². The fourth-order valence-corrected chi connectivity index (χ4v) is 15.1. The van der Waals surface area contributed by atoms with Crippen molar-refractivity contribution in [2.75, 3.05) is 13.2 Å². The lowest BCUT2D eigenvalue weighted by atomic mass is 10.7. The predicted octanol–water partition coefficient (Wildman–Crippen LogP) is 4.02. The zero-order valence-electron chi connectivity index (χ0n) is 17.2. The van der Waals surface area contributed by atoms with E-state index in [1.807, 2.05) is 0 Å². The summed E-state index contributed by atoms with van der Waals surface area (Å²) in [6.07, 6.45) is 1.43. The van der Waals surface area contributed by atoms with E-state index in [-0.39, 0.29) is 13.2 Å². The minimum Gasteiger partial charge on any atom is -0.458 e. The van der Waals surface area contributed by atoms with Crippen LogP contribution in [0.25, 0.3) is 0 Å². The van der Waals surface area contributed by atoms with Crippen LogP contribution in [0.1, 0.15) is 0 Å². The number of hydrogen-bond acceptors (Lipinski definition) is 4. The van der Waals surface area contributed by atoms with Crippen molar-refractivity contribution < 1.29 is 18.4 Å². The van der Waals surface area contributed by atoms with E-state index in [1.54, 1.807) is 0 Å². The molecule has 0 aromatic carbocycles. The summed E-state index contributed by atoms with van der Waals surface area (Å²) in [5.41, 5.74) is 0. The van der Waals surface area contributed by atoms with E-state index >= 15 is 0 Å². The standard InChI is InChI=1S/C7H20O2Si2.C5H16OSi2.C3H6O/c1-10(2,3)9-11(4,5)7-6-8;1-7(2)6-8(3,4)5;1-2-3-4/h8H,6-7H2,1-5H3;7H,1-5H3;2,4H,1,3H2. The van der Waals surface area contributed by atoms with Crippen molar-refractivity contribution in [2.45, 2.75) is 71.5 Å². The molecule has 23 heavy (non-hydrogen) atoms. The van der Waals surface area contributed by atoms with Crippen molar-refractivity contribution in [3.8, 4) is 0 Å². The van der Waals surface area contributed by atoms with Crippen molar-refractivity contribution in [3.63, 3.8) is 0 Å². The second-order valence-corrected chi connectivity index (χ2v) is 24.5. The molecule has 0 amide bonds. The van der Waals surface area contributed by atoms with Gasteiger partial charge < -0.3 is 18.4 Å². The third-order valence-electron chi connectivity index (χ3n) is 2.01. The Balaban J connectivity index is -0.000000292. The van der Waals surface area contributed by atoms with Crippen molar-refractivity contribution in [2.24, 2.45) is 0 Å². The minimum atomic E-state index is -1.53. The molecular formula is C15H42O4Si4. The minimum absolute atomic E-state index is 0.0833. The Labute approximate surface area is 150 Å². The van der Waals surface area contributed by atoms with Gasteiger partial charge in [-0.1, -0.05) is 6.08 Å². The zero-order chi connectivity index (χ0) is 19.3. The third kappa shape index (κ3) is 34.7. The van der Waals surface area contributed by atoms with Crippen LogP contribution in [0.4, 0.5) is 0 Å². The Hall–Kier alpha value is 0.448. The number of aliphatic hydroxyl groups excluding tert-OH is 2. The van der Waals surface area contributed by atoms with Crippen molar-refractivity contribution in [1.82, 2.24) is 0 Å². The molecule has 0 aliphatic rings. The van der Waals surface area contributed by atoms with Crippen LogP contribution < -0.4 is 0 Å². The van der Waals surface area contributed by atoms with E-state index in [9.17, 15) is 0 Å². The molecule has 0 aromatic rings. The number of rotatable bonds is 7. The first kappa shape index (κ1) is 28.3. The summed E-state index contributed by atoms with van der Waals surface area (Å²) in [5.74, 6) is 0.